The van der Waals surface area contributed by atoms with E-state index in [2.05, 4.69) is 73.4 Å². The van der Waals surface area contributed by atoms with Gasteiger partial charge in [-0.2, -0.15) is 0 Å². The molecule has 0 saturated carbocycles. The average molecular weight is 489 g/mol. The molecule has 5 heteroatoms. The highest BCUT2D eigenvalue weighted by molar-refractivity contribution is 6.74. The van der Waals surface area contributed by atoms with Crippen molar-refractivity contribution < 1.29 is 18.6 Å². The van der Waals surface area contributed by atoms with Gasteiger partial charge < -0.3 is 18.6 Å². The number of benzene rings is 1. The summed E-state index contributed by atoms with van der Waals surface area (Å²) in [5, 5.41) is 0.141. The molecule has 0 aromatic heterocycles. The Morgan fingerprint density at radius 3 is 2.09 bits per heavy atom. The smallest absolute Gasteiger partial charge is 0.192 e. The zero-order valence-electron chi connectivity index (χ0n) is 23.7. The van der Waals surface area contributed by atoms with E-state index in [0.29, 0.717) is 5.92 Å². The lowest BCUT2D eigenvalue weighted by Gasteiger charge is -2.47. The van der Waals surface area contributed by atoms with Gasteiger partial charge in [0.2, 0.25) is 0 Å². The van der Waals surface area contributed by atoms with Gasteiger partial charge in [-0.3, -0.25) is 0 Å². The molecule has 0 heterocycles. The van der Waals surface area contributed by atoms with Crippen LogP contribution in [0.1, 0.15) is 82.9 Å². The summed E-state index contributed by atoms with van der Waals surface area (Å²) in [5.41, 5.74) is 4.49. The molecule has 0 bridgehead atoms. The highest BCUT2D eigenvalue weighted by atomic mass is 28.4. The monoisotopic (exact) mass is 488 g/mol. The van der Waals surface area contributed by atoms with E-state index in [9.17, 15) is 0 Å². The lowest BCUT2D eigenvalue weighted by atomic mass is 9.68. The molecule has 4 atom stereocenters. The maximum absolute atomic E-state index is 7.17. The second-order valence-corrected chi connectivity index (χ2v) is 16.3. The molecule has 0 aliphatic heterocycles. The third-order valence-corrected chi connectivity index (χ3v) is 12.4. The van der Waals surface area contributed by atoms with Gasteiger partial charge in [-0.15, -0.1) is 0 Å². The number of methoxy groups -OCH3 is 3. The van der Waals surface area contributed by atoms with Crippen LogP contribution in [0.5, 0.6) is 17.2 Å². The van der Waals surface area contributed by atoms with Crippen LogP contribution in [0.2, 0.25) is 18.1 Å². The van der Waals surface area contributed by atoms with Gasteiger partial charge in [-0.25, -0.2) is 0 Å². The molecular weight excluding hydrogens is 440 g/mol. The van der Waals surface area contributed by atoms with Crippen LogP contribution in [-0.2, 0) is 4.43 Å². The number of hydrogen-bond donors (Lipinski definition) is 0. The van der Waals surface area contributed by atoms with E-state index in [0.717, 1.165) is 41.2 Å². The molecule has 4 nitrogen and oxygen atoms in total. The Morgan fingerprint density at radius 1 is 1.06 bits per heavy atom. The van der Waals surface area contributed by atoms with Gasteiger partial charge in [-0.05, 0) is 56.7 Å². The van der Waals surface area contributed by atoms with E-state index >= 15 is 0 Å². The van der Waals surface area contributed by atoms with Gasteiger partial charge >= 0.3 is 0 Å². The summed E-state index contributed by atoms with van der Waals surface area (Å²) in [6.07, 6.45) is 6.37. The summed E-state index contributed by atoms with van der Waals surface area (Å²) < 4.78 is 25.1. The van der Waals surface area contributed by atoms with Gasteiger partial charge in [-0.1, -0.05) is 58.9 Å². The van der Waals surface area contributed by atoms with Crippen LogP contribution in [-0.4, -0.2) is 35.8 Å². The summed E-state index contributed by atoms with van der Waals surface area (Å²) in [7, 11) is 3.22. The predicted molar refractivity (Wildman–Crippen MR) is 146 cm³/mol. The van der Waals surface area contributed by atoms with Crippen LogP contribution >= 0.6 is 0 Å². The van der Waals surface area contributed by atoms with Crippen molar-refractivity contribution in [3.05, 3.63) is 41.0 Å². The van der Waals surface area contributed by atoms with Crippen molar-refractivity contribution >= 4 is 8.32 Å². The van der Waals surface area contributed by atoms with Crippen LogP contribution < -0.4 is 14.2 Å². The molecule has 0 N–H and O–H groups in total. The molecule has 192 valence electrons. The highest BCUT2D eigenvalue weighted by Gasteiger charge is 2.47. The minimum absolute atomic E-state index is 0.114. The molecule has 1 aliphatic rings. The van der Waals surface area contributed by atoms with Gasteiger partial charge in [0.25, 0.3) is 0 Å². The Kier molecular flexibility index (Phi) is 9.14. The van der Waals surface area contributed by atoms with E-state index in [-0.39, 0.29) is 23.0 Å². The Labute approximate surface area is 209 Å². The summed E-state index contributed by atoms with van der Waals surface area (Å²) in [4.78, 5) is 0. The fourth-order valence-electron chi connectivity index (χ4n) is 5.13. The van der Waals surface area contributed by atoms with Gasteiger partial charge in [0.05, 0.1) is 27.4 Å². The molecule has 0 fully saturated rings. The highest BCUT2D eigenvalue weighted by Crippen LogP contribution is 2.57. The van der Waals surface area contributed by atoms with Crippen molar-refractivity contribution in [2.45, 2.75) is 97.4 Å². The second-order valence-electron chi connectivity index (χ2n) is 11.6. The summed E-state index contributed by atoms with van der Waals surface area (Å²) in [6.45, 7) is 24.4. The molecule has 1 aromatic rings. The zero-order chi connectivity index (χ0) is 26.0. The van der Waals surface area contributed by atoms with E-state index < -0.39 is 8.32 Å². The van der Waals surface area contributed by atoms with Crippen LogP contribution in [0.25, 0.3) is 0 Å². The fourth-order valence-corrected chi connectivity index (χ4v) is 6.48. The standard InChI is InChI=1S/C29H48O4Si/c1-18(2)15-14-16-19(3)23-22(33-34(12,13)29(6,7)8)17-20(4)24-25(23)26(30-9)21(5)27(31-10)28(24)32-11/h14-15,19-20,22-23H,1,16-17H2,2-13H3/b15-14+/t19-,20-,22-,23-/m0/s1. The molecule has 0 spiro atoms. The maximum atomic E-state index is 7.17. The lowest BCUT2D eigenvalue weighted by Crippen LogP contribution is -2.47. The second kappa shape index (κ2) is 10.9. The van der Waals surface area contributed by atoms with Crippen LogP contribution in [0.15, 0.2) is 24.3 Å². The Bertz CT molecular complexity index is 910. The normalized spacial score (nSPS) is 21.8. The van der Waals surface area contributed by atoms with Crippen molar-refractivity contribution in [3.8, 4) is 17.2 Å². The number of fused-ring (bicyclic) bond motifs is 1. The first-order chi connectivity index (χ1) is 15.7. The maximum Gasteiger partial charge on any atom is 0.192 e. The van der Waals surface area contributed by atoms with Crippen molar-refractivity contribution in [2.24, 2.45) is 5.92 Å². The predicted octanol–water partition coefficient (Wildman–Crippen LogP) is 8.16. The Balaban J connectivity index is 2.78. The number of ether oxygens (including phenoxy) is 3. The molecular formula is C29H48O4Si. The van der Waals surface area contributed by atoms with Gasteiger partial charge in [0.15, 0.2) is 19.8 Å². The molecule has 0 amide bonds. The molecule has 34 heavy (non-hydrogen) atoms. The van der Waals surface area contributed by atoms with Crippen LogP contribution in [0, 0.1) is 12.8 Å². The molecule has 0 radical (unpaired) electrons. The van der Waals surface area contributed by atoms with E-state index in [1.807, 2.05) is 6.92 Å². The SMILES string of the molecule is C=C(C)/C=C/C[C@H](C)[C@@H]1c2c(OC)c(C)c(OC)c(OC)c2[C@@H](C)C[C@@H]1O[Si](C)(C)C(C)(C)C. The van der Waals surface area contributed by atoms with Crippen molar-refractivity contribution in [1.82, 2.24) is 0 Å². The molecule has 1 aromatic carbocycles. The first-order valence-electron chi connectivity index (χ1n) is 12.5. The van der Waals surface area contributed by atoms with Crippen molar-refractivity contribution in [1.29, 1.82) is 0 Å². The number of hydrogen-bond acceptors (Lipinski definition) is 4. The third kappa shape index (κ3) is 5.57. The third-order valence-electron chi connectivity index (χ3n) is 7.87. The summed E-state index contributed by atoms with van der Waals surface area (Å²) >= 11 is 0. The zero-order valence-corrected chi connectivity index (χ0v) is 24.7. The summed E-state index contributed by atoms with van der Waals surface area (Å²) in [6, 6.07) is 0. The molecule has 0 unspecified atom stereocenters. The minimum Gasteiger partial charge on any atom is -0.496 e. The van der Waals surface area contributed by atoms with Crippen molar-refractivity contribution in [3.63, 3.8) is 0 Å². The minimum atomic E-state index is -1.99. The molecule has 1 aliphatic carbocycles. The molecule has 2 rings (SSSR count). The van der Waals surface area contributed by atoms with E-state index in [1.54, 1.807) is 21.3 Å². The lowest BCUT2D eigenvalue weighted by molar-refractivity contribution is 0.100. The fraction of sp³-hybridized carbons (Fsp3) is 0.655. The number of allylic oxidation sites excluding steroid dienone is 3. The first-order valence-corrected chi connectivity index (χ1v) is 15.4. The van der Waals surface area contributed by atoms with E-state index in [1.165, 1.54) is 11.1 Å². The van der Waals surface area contributed by atoms with E-state index in [4.69, 9.17) is 18.6 Å². The quantitative estimate of drug-likeness (QED) is 0.259. The Hall–Kier alpha value is -1.72. The largest absolute Gasteiger partial charge is 0.496 e. The van der Waals surface area contributed by atoms with Crippen LogP contribution in [0.4, 0.5) is 0 Å². The van der Waals surface area contributed by atoms with Crippen LogP contribution in [0.3, 0.4) is 0 Å². The van der Waals surface area contributed by atoms with Gasteiger partial charge in [0.1, 0.15) is 5.75 Å². The molecule has 0 saturated heterocycles. The van der Waals surface area contributed by atoms with Crippen molar-refractivity contribution in [2.75, 3.05) is 21.3 Å². The van der Waals surface area contributed by atoms with Gasteiger partial charge in [0, 0.05) is 22.6 Å². The Morgan fingerprint density at radius 2 is 1.62 bits per heavy atom. The average Bonchev–Trinajstić information content (AvgIpc) is 2.71. The topological polar surface area (TPSA) is 36.9 Å². The number of rotatable bonds is 9. The first kappa shape index (κ1) is 28.5. The summed E-state index contributed by atoms with van der Waals surface area (Å²) in [5.74, 6) is 3.30.